The number of nitrogens with zero attached hydrogens (tertiary/aromatic N) is 1. The van der Waals surface area contributed by atoms with E-state index in [1.54, 1.807) is 6.92 Å². The summed E-state index contributed by atoms with van der Waals surface area (Å²) < 4.78 is 60.9. The summed E-state index contributed by atoms with van der Waals surface area (Å²) >= 11 is 0. The number of halogens is 3. The Morgan fingerprint density at radius 1 is 1.29 bits per heavy atom. The number of piperazine rings is 1. The Kier molecular flexibility index (Phi) is 4.43. The van der Waals surface area contributed by atoms with Crippen LogP contribution in [0.15, 0.2) is 0 Å². The first kappa shape index (κ1) is 14.7. The molecule has 1 aliphatic rings. The van der Waals surface area contributed by atoms with Crippen molar-refractivity contribution < 1.29 is 21.6 Å². The molecular formula is C9H17F3N2O2S. The topological polar surface area (TPSA) is 49.4 Å². The Bertz CT molecular complexity index is 356. The number of hydrogen-bond acceptors (Lipinski definition) is 3. The molecule has 0 aromatic carbocycles. The zero-order valence-corrected chi connectivity index (χ0v) is 10.6. The van der Waals surface area contributed by atoms with Crippen LogP contribution in [0.2, 0.25) is 0 Å². The van der Waals surface area contributed by atoms with Crippen molar-refractivity contribution in [3.05, 3.63) is 0 Å². The number of alkyl halides is 3. The minimum absolute atomic E-state index is 0.114. The molecule has 1 fully saturated rings. The molecule has 1 rings (SSSR count). The first-order valence-electron chi connectivity index (χ1n) is 5.55. The van der Waals surface area contributed by atoms with Crippen LogP contribution in [-0.4, -0.2) is 43.4 Å². The van der Waals surface area contributed by atoms with Crippen molar-refractivity contribution in [1.29, 1.82) is 0 Å². The molecule has 0 aromatic heterocycles. The molecule has 1 saturated heterocycles. The van der Waals surface area contributed by atoms with Crippen molar-refractivity contribution in [3.63, 3.8) is 0 Å². The SMILES string of the molecule is CCC1CN(S(=O)(=O)C(F)(F)F)C(CC)CN1. The maximum atomic E-state index is 12.5. The van der Waals surface area contributed by atoms with E-state index in [4.69, 9.17) is 0 Å². The summed E-state index contributed by atoms with van der Waals surface area (Å²) in [5.74, 6) is 0. The lowest BCUT2D eigenvalue weighted by atomic mass is 10.1. The second-order valence-corrected chi connectivity index (χ2v) is 5.98. The zero-order valence-electron chi connectivity index (χ0n) is 9.79. The monoisotopic (exact) mass is 274 g/mol. The first-order chi connectivity index (χ1) is 7.74. The van der Waals surface area contributed by atoms with Gasteiger partial charge in [0.15, 0.2) is 0 Å². The summed E-state index contributed by atoms with van der Waals surface area (Å²) in [6, 6.07) is -0.834. The summed E-state index contributed by atoms with van der Waals surface area (Å²) in [5.41, 5.74) is -5.21. The van der Waals surface area contributed by atoms with Crippen LogP contribution >= 0.6 is 0 Å². The highest BCUT2D eigenvalue weighted by Crippen LogP contribution is 2.30. The van der Waals surface area contributed by atoms with Gasteiger partial charge in [-0.1, -0.05) is 13.8 Å². The molecule has 1 heterocycles. The van der Waals surface area contributed by atoms with Gasteiger partial charge in [0.2, 0.25) is 0 Å². The number of hydrogen-bond donors (Lipinski definition) is 1. The van der Waals surface area contributed by atoms with Gasteiger partial charge in [-0.3, -0.25) is 0 Å². The van der Waals surface area contributed by atoms with E-state index < -0.39 is 21.6 Å². The van der Waals surface area contributed by atoms with Crippen LogP contribution in [0.5, 0.6) is 0 Å². The molecule has 0 aromatic rings. The van der Waals surface area contributed by atoms with Crippen LogP contribution < -0.4 is 5.32 Å². The molecule has 0 spiro atoms. The Labute approximate surface area is 99.2 Å². The normalized spacial score (nSPS) is 28.3. The summed E-state index contributed by atoms with van der Waals surface area (Å²) in [7, 11) is -5.21. The van der Waals surface area contributed by atoms with E-state index in [0.29, 0.717) is 17.1 Å². The second-order valence-electron chi connectivity index (χ2n) is 4.10. The Balaban J connectivity index is 2.98. The van der Waals surface area contributed by atoms with Gasteiger partial charge in [-0.2, -0.15) is 17.5 Å². The molecule has 102 valence electrons. The van der Waals surface area contributed by atoms with E-state index in [1.165, 1.54) is 0 Å². The molecule has 0 radical (unpaired) electrons. The van der Waals surface area contributed by atoms with Gasteiger partial charge >= 0.3 is 15.5 Å². The van der Waals surface area contributed by atoms with Gasteiger partial charge in [-0.25, -0.2) is 8.42 Å². The van der Waals surface area contributed by atoms with Gasteiger partial charge in [0.25, 0.3) is 0 Å². The Morgan fingerprint density at radius 3 is 2.29 bits per heavy atom. The number of rotatable bonds is 3. The third kappa shape index (κ3) is 2.92. The highest BCUT2D eigenvalue weighted by Gasteiger charge is 2.52. The molecular weight excluding hydrogens is 257 g/mol. The molecule has 0 amide bonds. The fraction of sp³-hybridized carbons (Fsp3) is 1.00. The third-order valence-electron chi connectivity index (χ3n) is 3.02. The van der Waals surface area contributed by atoms with E-state index in [9.17, 15) is 21.6 Å². The average Bonchev–Trinajstić information content (AvgIpc) is 2.26. The largest absolute Gasteiger partial charge is 0.511 e. The quantitative estimate of drug-likeness (QED) is 0.844. The van der Waals surface area contributed by atoms with Crippen LogP contribution in [0.25, 0.3) is 0 Å². The van der Waals surface area contributed by atoms with Crippen molar-refractivity contribution >= 4 is 10.0 Å². The smallest absolute Gasteiger partial charge is 0.311 e. The third-order valence-corrected chi connectivity index (χ3v) is 4.66. The van der Waals surface area contributed by atoms with Gasteiger partial charge in [0.1, 0.15) is 0 Å². The molecule has 8 heteroatoms. The van der Waals surface area contributed by atoms with Gasteiger partial charge in [-0.05, 0) is 12.8 Å². The van der Waals surface area contributed by atoms with Gasteiger partial charge in [0.05, 0.1) is 0 Å². The van der Waals surface area contributed by atoms with Gasteiger partial charge in [-0.15, -0.1) is 0 Å². The first-order valence-corrected chi connectivity index (χ1v) is 6.99. The predicted molar refractivity (Wildman–Crippen MR) is 57.8 cm³/mol. The van der Waals surface area contributed by atoms with Crippen LogP contribution in [-0.2, 0) is 10.0 Å². The Morgan fingerprint density at radius 2 is 1.88 bits per heavy atom. The second kappa shape index (κ2) is 5.11. The van der Waals surface area contributed by atoms with E-state index in [0.717, 1.165) is 0 Å². The van der Waals surface area contributed by atoms with Gasteiger partial charge < -0.3 is 5.32 Å². The molecule has 17 heavy (non-hydrogen) atoms. The van der Waals surface area contributed by atoms with Gasteiger partial charge in [0, 0.05) is 25.2 Å². The molecule has 0 saturated carbocycles. The number of nitrogens with one attached hydrogen (secondary N) is 1. The van der Waals surface area contributed by atoms with Crippen molar-refractivity contribution in [2.75, 3.05) is 13.1 Å². The Hall–Kier alpha value is -0.340. The highest BCUT2D eigenvalue weighted by atomic mass is 32.2. The minimum atomic E-state index is -5.21. The maximum Gasteiger partial charge on any atom is 0.511 e. The van der Waals surface area contributed by atoms with Crippen molar-refractivity contribution in [2.45, 2.75) is 44.3 Å². The van der Waals surface area contributed by atoms with Crippen LogP contribution in [0.1, 0.15) is 26.7 Å². The fourth-order valence-electron chi connectivity index (χ4n) is 1.88. The molecule has 0 aliphatic carbocycles. The summed E-state index contributed by atoms with van der Waals surface area (Å²) in [6.45, 7) is 3.64. The van der Waals surface area contributed by atoms with E-state index >= 15 is 0 Å². The molecule has 1 aliphatic heterocycles. The van der Waals surface area contributed by atoms with Crippen molar-refractivity contribution in [2.24, 2.45) is 0 Å². The standard InChI is InChI=1S/C9H17F3N2O2S/c1-3-7-6-14(8(4-2)5-13-7)17(15,16)9(10,11)12/h7-8,13H,3-6H2,1-2H3. The lowest BCUT2D eigenvalue weighted by molar-refractivity contribution is -0.0511. The van der Waals surface area contributed by atoms with Crippen molar-refractivity contribution in [3.8, 4) is 0 Å². The van der Waals surface area contributed by atoms with E-state index in [-0.39, 0.29) is 19.1 Å². The minimum Gasteiger partial charge on any atom is -0.311 e. The zero-order chi connectivity index (χ0) is 13.3. The summed E-state index contributed by atoms with van der Waals surface area (Å²) in [4.78, 5) is 0. The summed E-state index contributed by atoms with van der Waals surface area (Å²) in [5, 5.41) is 3.05. The molecule has 2 unspecified atom stereocenters. The number of sulfonamides is 1. The average molecular weight is 274 g/mol. The molecule has 1 N–H and O–H groups in total. The van der Waals surface area contributed by atoms with E-state index in [1.807, 2.05) is 6.92 Å². The van der Waals surface area contributed by atoms with Crippen LogP contribution in [0.4, 0.5) is 13.2 Å². The predicted octanol–water partition coefficient (Wildman–Crippen LogP) is 1.30. The molecule has 4 nitrogen and oxygen atoms in total. The van der Waals surface area contributed by atoms with E-state index in [2.05, 4.69) is 5.32 Å². The molecule has 2 atom stereocenters. The molecule has 0 bridgehead atoms. The summed E-state index contributed by atoms with van der Waals surface area (Å²) in [6.07, 6.45) is 0.957. The highest BCUT2D eigenvalue weighted by molar-refractivity contribution is 7.90. The van der Waals surface area contributed by atoms with Crippen molar-refractivity contribution in [1.82, 2.24) is 9.62 Å². The fourth-order valence-corrected chi connectivity index (χ4v) is 3.14. The maximum absolute atomic E-state index is 12.5. The van der Waals surface area contributed by atoms with Crippen LogP contribution in [0, 0.1) is 0 Å². The lowest BCUT2D eigenvalue weighted by Gasteiger charge is -2.38. The lowest BCUT2D eigenvalue weighted by Crippen LogP contribution is -2.60. The van der Waals surface area contributed by atoms with Crippen LogP contribution in [0.3, 0.4) is 0 Å².